The van der Waals surface area contributed by atoms with Gasteiger partial charge in [0.05, 0.1) is 23.7 Å². The predicted octanol–water partition coefficient (Wildman–Crippen LogP) is 3.37. The normalized spacial score (nSPS) is 10.9. The molecule has 0 unspecified atom stereocenters. The molecule has 7 nitrogen and oxygen atoms in total. The molecule has 1 amide bonds. The van der Waals surface area contributed by atoms with Gasteiger partial charge in [0, 0.05) is 16.5 Å². The van der Waals surface area contributed by atoms with Crippen LogP contribution in [0.15, 0.2) is 58.8 Å². The van der Waals surface area contributed by atoms with Gasteiger partial charge < -0.3 is 4.74 Å². The molecule has 0 aliphatic rings. The van der Waals surface area contributed by atoms with E-state index in [-0.39, 0.29) is 11.4 Å². The van der Waals surface area contributed by atoms with Crippen LogP contribution in [0.5, 0.6) is 5.75 Å². The molecule has 0 saturated heterocycles. The summed E-state index contributed by atoms with van der Waals surface area (Å²) < 4.78 is 32.0. The Morgan fingerprint density at radius 3 is 2.63 bits per heavy atom. The molecule has 0 saturated carbocycles. The Morgan fingerprint density at radius 2 is 1.93 bits per heavy atom. The number of aromatic nitrogens is 1. The van der Waals surface area contributed by atoms with E-state index in [0.29, 0.717) is 23.0 Å². The zero-order chi connectivity index (χ0) is 21.6. The van der Waals surface area contributed by atoms with E-state index in [0.717, 1.165) is 11.3 Å². The molecule has 1 heterocycles. The molecule has 9 heteroatoms. The average molecular weight is 442 g/mol. The van der Waals surface area contributed by atoms with Crippen LogP contribution in [0, 0.1) is 12.3 Å². The fourth-order valence-corrected chi connectivity index (χ4v) is 4.23. The molecule has 30 heavy (non-hydrogen) atoms. The van der Waals surface area contributed by atoms with Gasteiger partial charge in [-0.3, -0.25) is 10.1 Å². The molecule has 0 fully saturated rings. The van der Waals surface area contributed by atoms with E-state index in [1.807, 2.05) is 36.6 Å². The van der Waals surface area contributed by atoms with Gasteiger partial charge in [-0.25, -0.2) is 13.4 Å². The first-order valence-electron chi connectivity index (χ1n) is 8.97. The van der Waals surface area contributed by atoms with Crippen molar-refractivity contribution in [2.75, 3.05) is 18.5 Å². The van der Waals surface area contributed by atoms with Crippen LogP contribution < -0.4 is 14.8 Å². The maximum Gasteiger partial charge on any atom is 0.257 e. The van der Waals surface area contributed by atoms with E-state index in [1.165, 1.54) is 35.6 Å². The number of thiazole rings is 1. The van der Waals surface area contributed by atoms with Gasteiger partial charge in [-0.15, -0.1) is 17.8 Å². The molecule has 2 N–H and O–H groups in total. The van der Waals surface area contributed by atoms with Crippen molar-refractivity contribution in [3.05, 3.63) is 59.5 Å². The third-order valence-electron chi connectivity index (χ3n) is 3.98. The number of carbonyl (C=O) groups excluding carboxylic acids is 1. The van der Waals surface area contributed by atoms with Crippen molar-refractivity contribution in [2.24, 2.45) is 0 Å². The molecule has 0 atom stereocenters. The number of hydrogen-bond acceptors (Lipinski definition) is 6. The highest BCUT2D eigenvalue weighted by Crippen LogP contribution is 2.32. The Hall–Kier alpha value is -3.19. The standard InChI is InChI=1S/C21H19N3O4S2/c1-3-13-22-30(26,27)16-11-9-15(10-12-16)20(25)24-21-23-18(14-29-21)17-7-5-6-8-19(17)28-4-2/h1,5-12,14,22H,4,13H2,2H3,(H,23,24,25). The van der Waals surface area contributed by atoms with Gasteiger partial charge in [-0.1, -0.05) is 18.1 Å². The lowest BCUT2D eigenvalue weighted by atomic mass is 10.1. The molecule has 0 radical (unpaired) electrons. The van der Waals surface area contributed by atoms with Crippen LogP contribution in [0.3, 0.4) is 0 Å². The van der Waals surface area contributed by atoms with E-state index < -0.39 is 15.9 Å². The molecule has 2 aromatic carbocycles. The van der Waals surface area contributed by atoms with Gasteiger partial charge >= 0.3 is 0 Å². The molecule has 1 aromatic heterocycles. The van der Waals surface area contributed by atoms with Gasteiger partial charge in [0.25, 0.3) is 5.91 Å². The average Bonchev–Trinajstić information content (AvgIpc) is 3.21. The summed E-state index contributed by atoms with van der Waals surface area (Å²) in [5.41, 5.74) is 1.84. The maximum absolute atomic E-state index is 12.5. The Morgan fingerprint density at radius 1 is 1.20 bits per heavy atom. The molecular formula is C21H19N3O4S2. The number of rotatable bonds is 8. The summed E-state index contributed by atoms with van der Waals surface area (Å²) in [4.78, 5) is 17.0. The number of carbonyl (C=O) groups is 1. The summed E-state index contributed by atoms with van der Waals surface area (Å²) in [6.45, 7) is 2.34. The fourth-order valence-electron chi connectivity index (χ4n) is 2.59. The SMILES string of the molecule is C#CCNS(=O)(=O)c1ccc(C(=O)Nc2nc(-c3ccccc3OCC)cs2)cc1. The zero-order valence-electron chi connectivity index (χ0n) is 16.1. The topological polar surface area (TPSA) is 97.4 Å². The van der Waals surface area contributed by atoms with E-state index in [2.05, 4.69) is 20.9 Å². The number of nitrogens with zero attached hydrogens (tertiary/aromatic N) is 1. The molecule has 0 aliphatic heterocycles. The number of amides is 1. The van der Waals surface area contributed by atoms with Crippen molar-refractivity contribution in [3.8, 4) is 29.4 Å². The Labute approximate surface area is 179 Å². The molecule has 0 aliphatic carbocycles. The van der Waals surface area contributed by atoms with E-state index in [1.54, 1.807) is 0 Å². The van der Waals surface area contributed by atoms with Crippen LogP contribution in [0.1, 0.15) is 17.3 Å². The minimum Gasteiger partial charge on any atom is -0.493 e. The zero-order valence-corrected chi connectivity index (χ0v) is 17.7. The van der Waals surface area contributed by atoms with Gasteiger partial charge in [0.15, 0.2) is 5.13 Å². The second-order valence-corrected chi connectivity index (χ2v) is 8.60. The number of anilines is 1. The summed E-state index contributed by atoms with van der Waals surface area (Å²) >= 11 is 1.29. The number of ether oxygens (including phenoxy) is 1. The number of benzene rings is 2. The van der Waals surface area contributed by atoms with Gasteiger partial charge in [-0.2, -0.15) is 4.72 Å². The summed E-state index contributed by atoms with van der Waals surface area (Å²) in [6, 6.07) is 13.1. The molecule has 3 rings (SSSR count). The fraction of sp³-hybridized carbons (Fsp3) is 0.143. The first-order valence-corrected chi connectivity index (χ1v) is 11.3. The lowest BCUT2D eigenvalue weighted by Gasteiger charge is -2.07. The number of nitrogens with one attached hydrogen (secondary N) is 2. The van der Waals surface area contributed by atoms with E-state index in [9.17, 15) is 13.2 Å². The third-order valence-corrected chi connectivity index (χ3v) is 6.15. The quantitative estimate of drug-likeness (QED) is 0.523. The summed E-state index contributed by atoms with van der Waals surface area (Å²) in [7, 11) is -3.71. The highest BCUT2D eigenvalue weighted by molar-refractivity contribution is 7.89. The molecule has 154 valence electrons. The van der Waals surface area contributed by atoms with Crippen molar-refractivity contribution in [3.63, 3.8) is 0 Å². The van der Waals surface area contributed by atoms with Gasteiger partial charge in [0.2, 0.25) is 10.0 Å². The third kappa shape index (κ3) is 5.04. The van der Waals surface area contributed by atoms with Crippen molar-refractivity contribution in [2.45, 2.75) is 11.8 Å². The highest BCUT2D eigenvalue weighted by atomic mass is 32.2. The number of para-hydroxylation sites is 1. The van der Waals surface area contributed by atoms with Crippen molar-refractivity contribution < 1.29 is 17.9 Å². The second-order valence-electron chi connectivity index (χ2n) is 5.97. The first-order chi connectivity index (χ1) is 14.4. The first kappa shape index (κ1) is 21.5. The largest absolute Gasteiger partial charge is 0.493 e. The summed E-state index contributed by atoms with van der Waals surface area (Å²) in [5, 5.41) is 4.99. The Bertz CT molecular complexity index is 1180. The molecule has 0 spiro atoms. The van der Waals surface area contributed by atoms with Crippen molar-refractivity contribution in [1.29, 1.82) is 0 Å². The molecule has 3 aromatic rings. The van der Waals surface area contributed by atoms with Crippen LogP contribution in [0.4, 0.5) is 5.13 Å². The van der Waals surface area contributed by atoms with Crippen LogP contribution in [0.2, 0.25) is 0 Å². The minimum atomic E-state index is -3.71. The smallest absolute Gasteiger partial charge is 0.257 e. The van der Waals surface area contributed by atoms with Crippen LogP contribution in [-0.4, -0.2) is 32.5 Å². The van der Waals surface area contributed by atoms with E-state index >= 15 is 0 Å². The van der Waals surface area contributed by atoms with Gasteiger partial charge in [0.1, 0.15) is 5.75 Å². The summed E-state index contributed by atoms with van der Waals surface area (Å²) in [6.07, 6.45) is 5.07. The Kier molecular flexibility index (Phi) is 6.84. The predicted molar refractivity (Wildman–Crippen MR) is 117 cm³/mol. The van der Waals surface area contributed by atoms with Gasteiger partial charge in [-0.05, 0) is 43.3 Å². The maximum atomic E-state index is 12.5. The van der Waals surface area contributed by atoms with E-state index in [4.69, 9.17) is 11.2 Å². The van der Waals surface area contributed by atoms with Crippen molar-refractivity contribution in [1.82, 2.24) is 9.71 Å². The highest BCUT2D eigenvalue weighted by Gasteiger charge is 2.16. The lowest BCUT2D eigenvalue weighted by Crippen LogP contribution is -2.24. The minimum absolute atomic E-state index is 0.0263. The Balaban J connectivity index is 1.73. The van der Waals surface area contributed by atoms with Crippen LogP contribution in [-0.2, 0) is 10.0 Å². The number of terminal acetylenes is 1. The van der Waals surface area contributed by atoms with Crippen molar-refractivity contribution >= 4 is 32.4 Å². The molecule has 0 bridgehead atoms. The monoisotopic (exact) mass is 441 g/mol. The lowest BCUT2D eigenvalue weighted by molar-refractivity contribution is 0.102. The summed E-state index contributed by atoms with van der Waals surface area (Å²) in [5.74, 6) is 2.53. The van der Waals surface area contributed by atoms with Crippen LogP contribution >= 0.6 is 11.3 Å². The number of hydrogen-bond donors (Lipinski definition) is 2. The van der Waals surface area contributed by atoms with Crippen LogP contribution in [0.25, 0.3) is 11.3 Å². The molecular weight excluding hydrogens is 422 g/mol. The second kappa shape index (κ2) is 9.54. The number of sulfonamides is 1.